The molecule has 3 nitrogen and oxygen atoms in total. The lowest BCUT2D eigenvalue weighted by Gasteiger charge is -2.21. The monoisotopic (exact) mass is 381 g/mol. The number of hydrogen-bond acceptors (Lipinski definition) is 2. The van der Waals surface area contributed by atoms with Gasteiger partial charge in [-0.25, -0.2) is 13.1 Å². The van der Waals surface area contributed by atoms with Crippen LogP contribution in [0.1, 0.15) is 31.4 Å². The van der Waals surface area contributed by atoms with Gasteiger partial charge in [0.2, 0.25) is 10.0 Å². The summed E-state index contributed by atoms with van der Waals surface area (Å²) in [6.07, 6.45) is 1.46. The van der Waals surface area contributed by atoms with E-state index in [-0.39, 0.29) is 6.04 Å². The van der Waals surface area contributed by atoms with Gasteiger partial charge in [-0.2, -0.15) is 0 Å². The van der Waals surface area contributed by atoms with Crippen molar-refractivity contribution in [3.05, 3.63) is 77.9 Å². The zero-order valence-corrected chi connectivity index (χ0v) is 17.0. The summed E-state index contributed by atoms with van der Waals surface area (Å²) < 4.78 is 28.7. The second-order valence-electron chi connectivity index (χ2n) is 7.60. The van der Waals surface area contributed by atoms with Crippen LogP contribution in [0.2, 0.25) is 0 Å². The Morgan fingerprint density at radius 2 is 1.56 bits per heavy atom. The maximum Gasteiger partial charge on any atom is 0.240 e. The third kappa shape index (κ3) is 4.96. The Kier molecular flexibility index (Phi) is 5.98. The van der Waals surface area contributed by atoms with Crippen molar-refractivity contribution in [2.45, 2.75) is 44.6 Å². The molecule has 0 heterocycles. The Labute approximate surface area is 162 Å². The minimum Gasteiger partial charge on any atom is -0.208 e. The van der Waals surface area contributed by atoms with E-state index in [1.165, 1.54) is 16.3 Å². The fourth-order valence-corrected chi connectivity index (χ4v) is 4.73. The number of fused-ring (bicyclic) bond motifs is 1. The lowest BCUT2D eigenvalue weighted by molar-refractivity contribution is 0.458. The Morgan fingerprint density at radius 1 is 0.889 bits per heavy atom. The summed E-state index contributed by atoms with van der Waals surface area (Å²) in [5.74, 6) is 0.394. The van der Waals surface area contributed by atoms with Crippen molar-refractivity contribution in [1.82, 2.24) is 4.72 Å². The Morgan fingerprint density at radius 3 is 2.26 bits per heavy atom. The molecule has 0 aliphatic rings. The molecule has 27 heavy (non-hydrogen) atoms. The van der Waals surface area contributed by atoms with Gasteiger partial charge in [0.15, 0.2) is 0 Å². The second kappa shape index (κ2) is 8.24. The van der Waals surface area contributed by atoms with Crippen molar-refractivity contribution in [3.63, 3.8) is 0 Å². The van der Waals surface area contributed by atoms with Crippen molar-refractivity contribution in [2.24, 2.45) is 5.92 Å². The Balaban J connectivity index is 1.88. The molecule has 0 amide bonds. The number of aryl methyl sites for hydroxylation is 1. The summed E-state index contributed by atoms with van der Waals surface area (Å²) >= 11 is 0. The number of rotatable bonds is 7. The van der Waals surface area contributed by atoms with Gasteiger partial charge in [-0.15, -0.1) is 0 Å². The summed E-state index contributed by atoms with van der Waals surface area (Å²) in [4.78, 5) is 0.319. The second-order valence-corrected chi connectivity index (χ2v) is 9.32. The molecular weight excluding hydrogens is 354 g/mol. The quantitative estimate of drug-likeness (QED) is 0.620. The molecular formula is C23H27NO2S. The normalized spacial score (nSPS) is 13.2. The molecule has 0 aliphatic heterocycles. The topological polar surface area (TPSA) is 46.2 Å². The van der Waals surface area contributed by atoms with Crippen molar-refractivity contribution in [3.8, 4) is 0 Å². The Hall–Kier alpha value is -2.17. The van der Waals surface area contributed by atoms with E-state index in [0.717, 1.165) is 12.0 Å². The molecule has 3 rings (SSSR count). The minimum absolute atomic E-state index is 0.151. The van der Waals surface area contributed by atoms with Crippen molar-refractivity contribution < 1.29 is 8.42 Å². The highest BCUT2D eigenvalue weighted by Crippen LogP contribution is 2.22. The fourth-order valence-electron chi connectivity index (χ4n) is 3.48. The molecule has 0 fully saturated rings. The minimum atomic E-state index is -3.55. The van der Waals surface area contributed by atoms with Crippen LogP contribution in [0, 0.1) is 12.8 Å². The third-order valence-electron chi connectivity index (χ3n) is 4.76. The first-order valence-corrected chi connectivity index (χ1v) is 10.9. The lowest BCUT2D eigenvalue weighted by Crippen LogP contribution is -2.37. The van der Waals surface area contributed by atoms with Crippen molar-refractivity contribution >= 4 is 20.8 Å². The number of hydrogen-bond donors (Lipinski definition) is 1. The predicted molar refractivity (Wildman–Crippen MR) is 112 cm³/mol. The number of sulfonamides is 1. The van der Waals surface area contributed by atoms with Gasteiger partial charge in [-0.05, 0) is 54.2 Å². The molecule has 0 aliphatic carbocycles. The molecule has 3 aromatic carbocycles. The summed E-state index contributed by atoms with van der Waals surface area (Å²) in [6, 6.07) is 21.3. The molecule has 0 saturated carbocycles. The van der Waals surface area contributed by atoms with E-state index in [1.807, 2.05) is 37.3 Å². The molecule has 0 saturated heterocycles. The van der Waals surface area contributed by atoms with Gasteiger partial charge in [0, 0.05) is 6.04 Å². The van der Waals surface area contributed by atoms with Gasteiger partial charge in [0.1, 0.15) is 0 Å². The summed E-state index contributed by atoms with van der Waals surface area (Å²) in [5.41, 5.74) is 2.22. The summed E-state index contributed by atoms with van der Waals surface area (Å²) in [5, 5.41) is 2.36. The van der Waals surface area contributed by atoms with Crippen LogP contribution in [0.5, 0.6) is 0 Å². The van der Waals surface area contributed by atoms with Crippen LogP contribution in [0.4, 0.5) is 0 Å². The van der Waals surface area contributed by atoms with E-state index in [9.17, 15) is 8.42 Å². The number of benzene rings is 3. The van der Waals surface area contributed by atoms with Crippen LogP contribution in [0.15, 0.2) is 71.6 Å². The molecule has 1 unspecified atom stereocenters. The average Bonchev–Trinajstić information content (AvgIpc) is 2.61. The first-order chi connectivity index (χ1) is 12.8. The summed E-state index contributed by atoms with van der Waals surface area (Å²) in [7, 11) is -3.55. The van der Waals surface area contributed by atoms with Gasteiger partial charge in [0.25, 0.3) is 0 Å². The van der Waals surface area contributed by atoms with Gasteiger partial charge in [-0.3, -0.25) is 0 Å². The zero-order valence-electron chi connectivity index (χ0n) is 16.1. The van der Waals surface area contributed by atoms with Crippen LogP contribution in [-0.4, -0.2) is 14.5 Å². The first kappa shape index (κ1) is 19.6. The molecule has 3 aromatic rings. The van der Waals surface area contributed by atoms with Crippen LogP contribution in [0.3, 0.4) is 0 Å². The fraction of sp³-hybridized carbons (Fsp3) is 0.304. The van der Waals surface area contributed by atoms with E-state index in [2.05, 4.69) is 42.8 Å². The van der Waals surface area contributed by atoms with Gasteiger partial charge in [0.05, 0.1) is 4.90 Å². The molecule has 0 spiro atoms. The summed E-state index contributed by atoms with van der Waals surface area (Å²) in [6.45, 7) is 6.19. The van der Waals surface area contributed by atoms with Crippen LogP contribution >= 0.6 is 0 Å². The molecule has 0 radical (unpaired) electrons. The highest BCUT2D eigenvalue weighted by atomic mass is 32.2. The van der Waals surface area contributed by atoms with Gasteiger partial charge < -0.3 is 0 Å². The van der Waals surface area contributed by atoms with E-state index >= 15 is 0 Å². The van der Waals surface area contributed by atoms with Crippen LogP contribution in [-0.2, 0) is 16.4 Å². The van der Waals surface area contributed by atoms with Crippen LogP contribution in [0.25, 0.3) is 10.8 Å². The molecule has 4 heteroatoms. The molecule has 1 atom stereocenters. The molecule has 0 aromatic heterocycles. The van der Waals surface area contributed by atoms with E-state index in [0.29, 0.717) is 17.2 Å². The first-order valence-electron chi connectivity index (χ1n) is 9.41. The van der Waals surface area contributed by atoms with Gasteiger partial charge >= 0.3 is 0 Å². The highest BCUT2D eigenvalue weighted by Gasteiger charge is 2.21. The van der Waals surface area contributed by atoms with E-state index in [1.54, 1.807) is 12.1 Å². The van der Waals surface area contributed by atoms with E-state index in [4.69, 9.17) is 0 Å². The highest BCUT2D eigenvalue weighted by molar-refractivity contribution is 7.89. The zero-order chi connectivity index (χ0) is 19.4. The van der Waals surface area contributed by atoms with Gasteiger partial charge in [-0.1, -0.05) is 74.0 Å². The van der Waals surface area contributed by atoms with E-state index < -0.39 is 10.0 Å². The number of nitrogens with one attached hydrogen (secondary N) is 1. The third-order valence-corrected chi connectivity index (χ3v) is 6.29. The largest absolute Gasteiger partial charge is 0.240 e. The molecule has 1 N–H and O–H groups in total. The maximum absolute atomic E-state index is 12.9. The Bertz CT molecular complexity index is 1000. The lowest BCUT2D eigenvalue weighted by atomic mass is 9.95. The SMILES string of the molecule is Cc1ccc(S(=O)(=O)NC(Cc2cccc3ccccc23)CC(C)C)cc1. The smallest absolute Gasteiger partial charge is 0.208 e. The molecule has 0 bridgehead atoms. The average molecular weight is 382 g/mol. The maximum atomic E-state index is 12.9. The van der Waals surface area contributed by atoms with Crippen LogP contribution < -0.4 is 4.72 Å². The van der Waals surface area contributed by atoms with Crippen molar-refractivity contribution in [1.29, 1.82) is 0 Å². The molecule has 142 valence electrons. The predicted octanol–water partition coefficient (Wildman–Crippen LogP) is 5.08. The van der Waals surface area contributed by atoms with Crippen molar-refractivity contribution in [2.75, 3.05) is 0 Å². The standard InChI is InChI=1S/C23H27NO2S/c1-17(2)15-21(24-27(25,26)22-13-11-18(3)12-14-22)16-20-9-6-8-19-7-4-5-10-23(19)20/h4-14,17,21,24H,15-16H2,1-3H3.